The topological polar surface area (TPSA) is 101 Å². The highest BCUT2D eigenvalue weighted by Crippen LogP contribution is 2.23. The number of hydrogen-bond acceptors (Lipinski definition) is 7. The van der Waals surface area contributed by atoms with E-state index in [1.165, 1.54) is 18.1 Å². The third-order valence-electron chi connectivity index (χ3n) is 1.67. The Labute approximate surface area is 78.9 Å². The summed E-state index contributed by atoms with van der Waals surface area (Å²) in [6, 6.07) is 0. The van der Waals surface area contributed by atoms with Crippen molar-refractivity contribution in [2.24, 2.45) is 31.4 Å². The van der Waals surface area contributed by atoms with Gasteiger partial charge in [-0.25, -0.2) is 20.0 Å². The summed E-state index contributed by atoms with van der Waals surface area (Å²) in [7, 11) is 0. The smallest absolute Gasteiger partial charge is 0.255 e. The average Bonchev–Trinajstić information content (AvgIpc) is 2.52. The Hall–Kier alpha value is -1.21. The van der Waals surface area contributed by atoms with Crippen LogP contribution in [-0.2, 0) is 0 Å². The Morgan fingerprint density at radius 1 is 1.46 bits per heavy atom. The minimum Gasteiger partial charge on any atom is -0.382 e. The molecule has 0 bridgehead atoms. The molecule has 0 aliphatic carbocycles. The second-order valence-corrected chi connectivity index (χ2v) is 3.53. The van der Waals surface area contributed by atoms with Crippen molar-refractivity contribution < 1.29 is 0 Å². The first-order valence-corrected chi connectivity index (χ1v) is 4.77. The standard InChI is InChI=1S/C6H8N6S/c1-13-6(8)11-4(7)3-5(12-6)10-2-9-3/h2H,8H2,1H3,(H2,7,11). The fraction of sp³-hybridized carbons (Fsp3) is 0.333. The van der Waals surface area contributed by atoms with Crippen LogP contribution in [0.25, 0.3) is 0 Å². The molecule has 0 aromatic rings. The van der Waals surface area contributed by atoms with Gasteiger partial charge in [0.25, 0.3) is 5.12 Å². The number of thioether (sulfide) groups is 1. The first-order valence-electron chi connectivity index (χ1n) is 3.55. The molecule has 0 spiro atoms. The lowest BCUT2D eigenvalue weighted by molar-refractivity contribution is 0.685. The van der Waals surface area contributed by atoms with Crippen LogP contribution in [0.3, 0.4) is 0 Å². The van der Waals surface area contributed by atoms with Gasteiger partial charge in [-0.2, -0.15) is 0 Å². The van der Waals surface area contributed by atoms with Crippen LogP contribution in [0.2, 0.25) is 0 Å². The lowest BCUT2D eigenvalue weighted by atomic mass is 10.3. The molecule has 2 heterocycles. The Morgan fingerprint density at radius 3 is 2.92 bits per heavy atom. The van der Waals surface area contributed by atoms with Crippen LogP contribution < -0.4 is 11.5 Å². The van der Waals surface area contributed by atoms with Crippen LogP contribution in [0.5, 0.6) is 0 Å². The van der Waals surface area contributed by atoms with Gasteiger partial charge < -0.3 is 5.73 Å². The van der Waals surface area contributed by atoms with Gasteiger partial charge in [0.2, 0.25) is 0 Å². The molecule has 6 nitrogen and oxygen atoms in total. The Balaban J connectivity index is 2.47. The minimum atomic E-state index is -1.04. The van der Waals surface area contributed by atoms with Gasteiger partial charge in [0.05, 0.1) is 0 Å². The number of fused-ring (bicyclic) bond motifs is 1. The van der Waals surface area contributed by atoms with Crippen LogP contribution >= 0.6 is 11.8 Å². The molecule has 0 saturated carbocycles. The van der Waals surface area contributed by atoms with Gasteiger partial charge >= 0.3 is 0 Å². The third kappa shape index (κ3) is 1.25. The Bertz CT molecular complexity index is 367. The summed E-state index contributed by atoms with van der Waals surface area (Å²) in [6.07, 6.45) is 3.20. The van der Waals surface area contributed by atoms with Crippen molar-refractivity contribution in [1.82, 2.24) is 0 Å². The molecular formula is C6H8N6S. The lowest BCUT2D eigenvalue weighted by Crippen LogP contribution is -2.43. The molecule has 4 N–H and O–H groups in total. The molecule has 2 aliphatic rings. The van der Waals surface area contributed by atoms with Crippen molar-refractivity contribution >= 4 is 35.5 Å². The lowest BCUT2D eigenvalue weighted by Gasteiger charge is -2.22. The molecule has 1 unspecified atom stereocenters. The molecule has 0 amide bonds. The first-order chi connectivity index (χ1) is 6.14. The van der Waals surface area contributed by atoms with E-state index in [0.717, 1.165) is 0 Å². The summed E-state index contributed by atoms with van der Waals surface area (Å²) >= 11 is 1.29. The molecule has 0 aromatic carbocycles. The first kappa shape index (κ1) is 8.39. The van der Waals surface area contributed by atoms with Gasteiger partial charge in [-0.3, -0.25) is 5.73 Å². The third-order valence-corrected chi connectivity index (χ3v) is 2.45. The molecule has 68 valence electrons. The van der Waals surface area contributed by atoms with Crippen molar-refractivity contribution in [3.8, 4) is 0 Å². The molecule has 2 aliphatic heterocycles. The van der Waals surface area contributed by atoms with Crippen LogP contribution in [0, 0.1) is 0 Å². The molecule has 0 saturated heterocycles. The van der Waals surface area contributed by atoms with E-state index in [2.05, 4.69) is 20.0 Å². The van der Waals surface area contributed by atoms with E-state index in [0.29, 0.717) is 17.4 Å². The number of amidine groups is 2. The van der Waals surface area contributed by atoms with Crippen molar-refractivity contribution in [2.75, 3.05) is 6.26 Å². The van der Waals surface area contributed by atoms with Crippen molar-refractivity contribution in [3.63, 3.8) is 0 Å². The molecule has 7 heteroatoms. The quantitative estimate of drug-likeness (QED) is 0.535. The van der Waals surface area contributed by atoms with Crippen molar-refractivity contribution in [1.29, 1.82) is 0 Å². The molecule has 0 aromatic heterocycles. The largest absolute Gasteiger partial charge is 0.382 e. The van der Waals surface area contributed by atoms with E-state index >= 15 is 0 Å². The van der Waals surface area contributed by atoms with Gasteiger partial charge in [-0.05, 0) is 6.26 Å². The van der Waals surface area contributed by atoms with Gasteiger partial charge in [0, 0.05) is 0 Å². The molecule has 2 rings (SSSR count). The number of nitrogens with zero attached hydrogens (tertiary/aromatic N) is 4. The highest BCUT2D eigenvalue weighted by Gasteiger charge is 2.32. The van der Waals surface area contributed by atoms with Gasteiger partial charge in [-0.15, -0.1) is 0 Å². The molecule has 0 fully saturated rings. The number of nitrogens with two attached hydrogens (primary N) is 2. The zero-order chi connectivity index (χ0) is 9.47. The second kappa shape index (κ2) is 2.64. The summed E-state index contributed by atoms with van der Waals surface area (Å²) in [5.41, 5.74) is 11.9. The van der Waals surface area contributed by atoms with Crippen molar-refractivity contribution in [3.05, 3.63) is 0 Å². The van der Waals surface area contributed by atoms with E-state index in [9.17, 15) is 0 Å². The average molecular weight is 196 g/mol. The summed E-state index contributed by atoms with van der Waals surface area (Å²) in [5, 5.41) is -1.04. The maximum atomic E-state index is 5.78. The molecule has 0 radical (unpaired) electrons. The van der Waals surface area contributed by atoms with E-state index in [1.54, 1.807) is 0 Å². The summed E-state index contributed by atoms with van der Waals surface area (Å²) in [6.45, 7) is 0. The normalized spacial score (nSPS) is 30.8. The van der Waals surface area contributed by atoms with Crippen molar-refractivity contribution in [2.45, 2.75) is 5.12 Å². The van der Waals surface area contributed by atoms with E-state index in [-0.39, 0.29) is 0 Å². The molecule has 1 atom stereocenters. The zero-order valence-corrected chi connectivity index (χ0v) is 7.75. The zero-order valence-electron chi connectivity index (χ0n) is 6.93. The van der Waals surface area contributed by atoms with Gasteiger partial charge in [-0.1, -0.05) is 11.8 Å². The Kier molecular flexibility index (Phi) is 1.70. The molecular weight excluding hydrogens is 188 g/mol. The monoisotopic (exact) mass is 196 g/mol. The fourth-order valence-electron chi connectivity index (χ4n) is 1.02. The maximum absolute atomic E-state index is 5.78. The minimum absolute atomic E-state index is 0.291. The van der Waals surface area contributed by atoms with Crippen LogP contribution in [-0.4, -0.2) is 35.1 Å². The number of rotatable bonds is 1. The summed E-state index contributed by atoms with van der Waals surface area (Å²) in [5.74, 6) is 0.753. The highest BCUT2D eigenvalue weighted by atomic mass is 32.2. The predicted molar refractivity (Wildman–Crippen MR) is 55.4 cm³/mol. The second-order valence-electron chi connectivity index (χ2n) is 2.52. The Morgan fingerprint density at radius 2 is 2.23 bits per heavy atom. The van der Waals surface area contributed by atoms with E-state index < -0.39 is 5.12 Å². The number of aliphatic imine (C=N–C) groups is 4. The predicted octanol–water partition coefficient (Wildman–Crippen LogP) is -0.828. The maximum Gasteiger partial charge on any atom is 0.255 e. The van der Waals surface area contributed by atoms with Gasteiger partial charge in [0.1, 0.15) is 6.34 Å². The molecule has 13 heavy (non-hydrogen) atoms. The number of hydrogen-bond donors (Lipinski definition) is 2. The SMILES string of the molecule is CSC1(N)N=C(N)C2=NC=NC2=N1. The van der Waals surface area contributed by atoms with Crippen LogP contribution in [0.1, 0.15) is 0 Å². The van der Waals surface area contributed by atoms with E-state index in [4.69, 9.17) is 11.5 Å². The summed E-state index contributed by atoms with van der Waals surface area (Å²) in [4.78, 5) is 15.9. The van der Waals surface area contributed by atoms with Crippen LogP contribution in [0.4, 0.5) is 0 Å². The van der Waals surface area contributed by atoms with Gasteiger partial charge in [0.15, 0.2) is 17.4 Å². The summed E-state index contributed by atoms with van der Waals surface area (Å²) < 4.78 is 0. The van der Waals surface area contributed by atoms with E-state index in [1.807, 2.05) is 6.26 Å². The fourth-order valence-corrected chi connectivity index (χ4v) is 1.38. The highest BCUT2D eigenvalue weighted by molar-refractivity contribution is 7.99. The van der Waals surface area contributed by atoms with Crippen LogP contribution in [0.15, 0.2) is 20.0 Å².